The summed E-state index contributed by atoms with van der Waals surface area (Å²) < 4.78 is 11.7. The molecule has 0 aromatic heterocycles. The minimum atomic E-state index is -0.749. The normalized spacial score (nSPS) is 38.6. The summed E-state index contributed by atoms with van der Waals surface area (Å²) in [4.78, 5) is 2.34. The van der Waals surface area contributed by atoms with Crippen molar-refractivity contribution >= 4 is 0 Å². The summed E-state index contributed by atoms with van der Waals surface area (Å²) >= 11 is 0. The molecule has 2 bridgehead atoms. The van der Waals surface area contributed by atoms with Crippen LogP contribution < -0.4 is 4.74 Å². The fourth-order valence-corrected chi connectivity index (χ4v) is 5.21. The van der Waals surface area contributed by atoms with Gasteiger partial charge in [0.1, 0.15) is 5.75 Å². The van der Waals surface area contributed by atoms with Gasteiger partial charge in [0.05, 0.1) is 30.3 Å². The molecule has 126 valence electrons. The molecule has 3 atom stereocenters. The maximum Gasteiger partial charge on any atom is 0.119 e. The molecule has 0 spiro atoms. The van der Waals surface area contributed by atoms with Crippen LogP contribution in [0.4, 0.5) is 0 Å². The van der Waals surface area contributed by atoms with Crippen molar-refractivity contribution in [2.45, 2.75) is 55.8 Å². The van der Waals surface area contributed by atoms with Gasteiger partial charge in [0, 0.05) is 12.5 Å². The quantitative estimate of drug-likeness (QED) is 0.861. The Morgan fingerprint density at radius 3 is 2.87 bits per heavy atom. The lowest BCUT2D eigenvalue weighted by molar-refractivity contribution is -0.241. The lowest BCUT2D eigenvalue weighted by Gasteiger charge is -2.65. The van der Waals surface area contributed by atoms with Gasteiger partial charge in [0.2, 0.25) is 0 Å². The first-order chi connectivity index (χ1) is 10.8. The minimum Gasteiger partial charge on any atom is -0.497 e. The number of likely N-dealkylation sites (N-methyl/N-ethyl adjacent to an activating group) is 1. The van der Waals surface area contributed by atoms with E-state index >= 15 is 0 Å². The van der Waals surface area contributed by atoms with Gasteiger partial charge in [0.25, 0.3) is 0 Å². The summed E-state index contributed by atoms with van der Waals surface area (Å²) in [6.07, 6.45) is 2.49. The van der Waals surface area contributed by atoms with E-state index in [1.165, 1.54) is 11.1 Å². The third-order valence-electron chi connectivity index (χ3n) is 6.45. The predicted octanol–water partition coefficient (Wildman–Crippen LogP) is 2.12. The molecule has 1 aromatic rings. The smallest absolute Gasteiger partial charge is 0.119 e. The first-order valence-corrected chi connectivity index (χ1v) is 8.55. The molecule has 0 saturated carbocycles. The molecule has 2 fully saturated rings. The summed E-state index contributed by atoms with van der Waals surface area (Å²) in [6, 6.07) is 6.48. The number of ether oxygens (including phenoxy) is 2. The summed E-state index contributed by atoms with van der Waals surface area (Å²) in [5.74, 6) is 0.864. The Balaban J connectivity index is 1.92. The van der Waals surface area contributed by atoms with E-state index in [0.717, 1.165) is 25.1 Å². The molecule has 1 N–H and O–H groups in total. The number of hydrogen-bond donors (Lipinski definition) is 1. The zero-order valence-corrected chi connectivity index (χ0v) is 14.6. The first-order valence-electron chi connectivity index (χ1n) is 8.55. The molecular weight excluding hydrogens is 290 g/mol. The van der Waals surface area contributed by atoms with E-state index in [1.54, 1.807) is 7.11 Å². The van der Waals surface area contributed by atoms with Gasteiger partial charge in [-0.1, -0.05) is 6.07 Å². The Labute approximate surface area is 138 Å². The number of fused-ring (bicyclic) bond motifs is 1. The highest BCUT2D eigenvalue weighted by molar-refractivity contribution is 5.48. The lowest BCUT2D eigenvalue weighted by Crippen LogP contribution is -2.75. The topological polar surface area (TPSA) is 41.9 Å². The highest BCUT2D eigenvalue weighted by Crippen LogP contribution is 2.57. The molecule has 23 heavy (non-hydrogen) atoms. The van der Waals surface area contributed by atoms with Gasteiger partial charge in [-0.15, -0.1) is 0 Å². The van der Waals surface area contributed by atoms with Gasteiger partial charge in [-0.2, -0.15) is 0 Å². The van der Waals surface area contributed by atoms with Crippen LogP contribution in [0, 0.1) is 0 Å². The number of hydrogen-bond acceptors (Lipinski definition) is 4. The average Bonchev–Trinajstić information content (AvgIpc) is 2.49. The molecule has 1 aromatic carbocycles. The van der Waals surface area contributed by atoms with Crippen LogP contribution in [0.15, 0.2) is 18.2 Å². The van der Waals surface area contributed by atoms with Gasteiger partial charge in [0.15, 0.2) is 0 Å². The third kappa shape index (κ3) is 1.95. The van der Waals surface area contributed by atoms with E-state index in [-0.39, 0.29) is 17.1 Å². The van der Waals surface area contributed by atoms with Crippen LogP contribution in [0.5, 0.6) is 5.75 Å². The zero-order chi connectivity index (χ0) is 16.5. The Morgan fingerprint density at radius 2 is 2.13 bits per heavy atom. The van der Waals surface area contributed by atoms with Crippen LogP contribution in [0.25, 0.3) is 0 Å². The number of methoxy groups -OCH3 is 1. The minimum absolute atomic E-state index is 0.153. The molecule has 4 nitrogen and oxygen atoms in total. The third-order valence-corrected chi connectivity index (χ3v) is 6.45. The first kappa shape index (κ1) is 15.4. The van der Waals surface area contributed by atoms with E-state index in [1.807, 2.05) is 6.07 Å². The van der Waals surface area contributed by atoms with Gasteiger partial charge >= 0.3 is 0 Å². The second kappa shape index (κ2) is 4.71. The largest absolute Gasteiger partial charge is 0.497 e. The standard InChI is InChI=1S/C19H27NO3/c1-17(2)11-19(21)16-9-13-5-6-14(22-4)10-15(13)18(19,12-23-17)7-8-20(16)3/h5-6,10,16,21H,7-9,11-12H2,1-4H3/t16-,18-,19-/m1/s1. The van der Waals surface area contributed by atoms with Crippen molar-refractivity contribution in [1.82, 2.24) is 4.90 Å². The molecule has 1 aliphatic carbocycles. The molecule has 2 aliphatic heterocycles. The fourth-order valence-electron chi connectivity index (χ4n) is 5.21. The van der Waals surface area contributed by atoms with Crippen molar-refractivity contribution < 1.29 is 14.6 Å². The van der Waals surface area contributed by atoms with Crippen molar-refractivity contribution in [3.05, 3.63) is 29.3 Å². The molecule has 3 aliphatic rings. The van der Waals surface area contributed by atoms with Crippen LogP contribution in [0.2, 0.25) is 0 Å². The number of aliphatic hydroxyl groups is 1. The number of piperidine rings is 1. The van der Waals surface area contributed by atoms with E-state index in [0.29, 0.717) is 13.0 Å². The second-order valence-corrected chi connectivity index (χ2v) is 8.21. The molecular formula is C19H27NO3. The van der Waals surface area contributed by atoms with Crippen molar-refractivity contribution in [1.29, 1.82) is 0 Å². The van der Waals surface area contributed by atoms with Crippen LogP contribution in [0.1, 0.15) is 37.8 Å². The molecule has 2 saturated heterocycles. The van der Waals surface area contributed by atoms with Crippen LogP contribution in [-0.2, 0) is 16.6 Å². The number of nitrogens with zero attached hydrogens (tertiary/aromatic N) is 1. The summed E-state index contributed by atoms with van der Waals surface area (Å²) in [5.41, 5.74) is 1.21. The van der Waals surface area contributed by atoms with Crippen LogP contribution in [0.3, 0.4) is 0 Å². The van der Waals surface area contributed by atoms with Crippen molar-refractivity contribution in [2.75, 3.05) is 27.3 Å². The lowest BCUT2D eigenvalue weighted by atomic mass is 9.51. The average molecular weight is 317 g/mol. The molecule has 4 rings (SSSR count). The van der Waals surface area contributed by atoms with Crippen LogP contribution in [-0.4, -0.2) is 54.6 Å². The molecule has 2 heterocycles. The maximum absolute atomic E-state index is 11.9. The molecule has 4 heteroatoms. The van der Waals surface area contributed by atoms with E-state index in [9.17, 15) is 5.11 Å². The van der Waals surface area contributed by atoms with Gasteiger partial charge < -0.3 is 19.5 Å². The zero-order valence-electron chi connectivity index (χ0n) is 14.6. The summed E-state index contributed by atoms with van der Waals surface area (Å²) in [5, 5.41) is 11.9. The maximum atomic E-state index is 11.9. The number of likely N-dealkylation sites (tertiary alicyclic amines) is 1. The fraction of sp³-hybridized carbons (Fsp3) is 0.684. The SMILES string of the molecule is COc1ccc2c(c1)[C@]13CCN(C)[C@H](C2)[C@]1(O)CC(C)(C)OC3. The van der Waals surface area contributed by atoms with Crippen molar-refractivity contribution in [2.24, 2.45) is 0 Å². The van der Waals surface area contributed by atoms with Crippen LogP contribution >= 0.6 is 0 Å². The van der Waals surface area contributed by atoms with Gasteiger partial charge in [-0.3, -0.25) is 0 Å². The Morgan fingerprint density at radius 1 is 1.35 bits per heavy atom. The highest BCUT2D eigenvalue weighted by atomic mass is 16.5. The van der Waals surface area contributed by atoms with E-state index in [4.69, 9.17) is 9.47 Å². The van der Waals surface area contributed by atoms with Crippen molar-refractivity contribution in [3.63, 3.8) is 0 Å². The molecule has 0 amide bonds. The second-order valence-electron chi connectivity index (χ2n) is 8.21. The highest BCUT2D eigenvalue weighted by Gasteiger charge is 2.66. The monoisotopic (exact) mass is 317 g/mol. The summed E-state index contributed by atoms with van der Waals surface area (Å²) in [6.45, 7) is 5.76. The number of benzene rings is 1. The summed E-state index contributed by atoms with van der Waals surface area (Å²) in [7, 11) is 3.84. The number of rotatable bonds is 1. The Kier molecular flexibility index (Phi) is 3.16. The predicted molar refractivity (Wildman–Crippen MR) is 89.0 cm³/mol. The Bertz CT molecular complexity index is 644. The molecule has 0 radical (unpaired) electrons. The molecule has 0 unspecified atom stereocenters. The van der Waals surface area contributed by atoms with Crippen molar-refractivity contribution in [3.8, 4) is 5.75 Å². The van der Waals surface area contributed by atoms with E-state index in [2.05, 4.69) is 37.9 Å². The van der Waals surface area contributed by atoms with E-state index < -0.39 is 5.60 Å². The van der Waals surface area contributed by atoms with Gasteiger partial charge in [-0.05, 0) is 63.5 Å². The van der Waals surface area contributed by atoms with Gasteiger partial charge in [-0.25, -0.2) is 0 Å². The Hall–Kier alpha value is -1.10.